The van der Waals surface area contributed by atoms with E-state index in [2.05, 4.69) is 17.2 Å². The first-order valence-electron chi connectivity index (χ1n) is 7.08. The van der Waals surface area contributed by atoms with Crippen LogP contribution in [0.25, 0.3) is 10.9 Å². The van der Waals surface area contributed by atoms with E-state index in [1.54, 1.807) is 13.1 Å². The molecule has 1 aromatic carbocycles. The molecule has 1 aromatic heterocycles. The maximum atomic E-state index is 12.1. The lowest BCUT2D eigenvalue weighted by atomic mass is 10.1. The van der Waals surface area contributed by atoms with Gasteiger partial charge in [-0.15, -0.1) is 0 Å². The lowest BCUT2D eigenvalue weighted by Gasteiger charge is -2.14. The van der Waals surface area contributed by atoms with E-state index >= 15 is 0 Å². The number of benzene rings is 1. The predicted molar refractivity (Wildman–Crippen MR) is 86.2 cm³/mol. The quantitative estimate of drug-likeness (QED) is 0.841. The number of aromatic nitrogens is 1. The molecule has 21 heavy (non-hydrogen) atoms. The third kappa shape index (κ3) is 3.10. The summed E-state index contributed by atoms with van der Waals surface area (Å²) in [4.78, 5) is 16.5. The highest BCUT2D eigenvalue weighted by Gasteiger charge is 2.17. The summed E-state index contributed by atoms with van der Waals surface area (Å²) in [6.07, 6.45) is 2.51. The second kappa shape index (κ2) is 6.76. The van der Waals surface area contributed by atoms with Crippen LogP contribution < -0.4 is 5.32 Å². The van der Waals surface area contributed by atoms with Crippen LogP contribution in [0.3, 0.4) is 0 Å². The summed E-state index contributed by atoms with van der Waals surface area (Å²) < 4.78 is 5.11. The largest absolute Gasteiger partial charge is 0.462 e. The van der Waals surface area contributed by atoms with Crippen molar-refractivity contribution < 1.29 is 9.53 Å². The van der Waals surface area contributed by atoms with Crippen molar-refractivity contribution in [3.8, 4) is 0 Å². The SMILES string of the molecule is CCCNc1c(C(=O)OCC)cnc2c(C)c(Cl)ccc12. The van der Waals surface area contributed by atoms with Crippen LogP contribution in [0.4, 0.5) is 5.69 Å². The Morgan fingerprint density at radius 3 is 2.81 bits per heavy atom. The summed E-state index contributed by atoms with van der Waals surface area (Å²) in [5, 5.41) is 4.86. The van der Waals surface area contributed by atoms with Gasteiger partial charge in [-0.1, -0.05) is 18.5 Å². The van der Waals surface area contributed by atoms with Crippen LogP contribution in [0.2, 0.25) is 5.02 Å². The Balaban J connectivity index is 2.64. The van der Waals surface area contributed by atoms with Crippen LogP contribution in [0, 0.1) is 6.92 Å². The number of halogens is 1. The summed E-state index contributed by atoms with van der Waals surface area (Å²) in [7, 11) is 0. The number of esters is 1. The molecule has 1 N–H and O–H groups in total. The van der Waals surface area contributed by atoms with Crippen LogP contribution in [-0.4, -0.2) is 24.1 Å². The minimum absolute atomic E-state index is 0.337. The number of rotatable bonds is 5. The van der Waals surface area contributed by atoms with Gasteiger partial charge < -0.3 is 10.1 Å². The molecule has 0 atom stereocenters. The molecule has 0 spiro atoms. The molecule has 2 aromatic rings. The molecular weight excluding hydrogens is 288 g/mol. The van der Waals surface area contributed by atoms with E-state index in [4.69, 9.17) is 16.3 Å². The van der Waals surface area contributed by atoms with Crippen molar-refractivity contribution in [1.82, 2.24) is 4.98 Å². The topological polar surface area (TPSA) is 51.2 Å². The van der Waals surface area contributed by atoms with Crippen molar-refractivity contribution in [2.45, 2.75) is 27.2 Å². The van der Waals surface area contributed by atoms with Gasteiger partial charge in [-0.2, -0.15) is 0 Å². The Morgan fingerprint density at radius 2 is 2.14 bits per heavy atom. The van der Waals surface area contributed by atoms with Gasteiger partial charge in [-0.3, -0.25) is 4.98 Å². The molecule has 0 fully saturated rings. The van der Waals surface area contributed by atoms with Crippen LogP contribution in [0.15, 0.2) is 18.3 Å². The molecule has 0 bridgehead atoms. The van der Waals surface area contributed by atoms with Gasteiger partial charge in [-0.25, -0.2) is 4.79 Å². The van der Waals surface area contributed by atoms with Crippen molar-refractivity contribution >= 4 is 34.2 Å². The van der Waals surface area contributed by atoms with Crippen LogP contribution in [-0.2, 0) is 4.74 Å². The molecule has 4 nitrogen and oxygen atoms in total. The van der Waals surface area contributed by atoms with Crippen LogP contribution in [0.5, 0.6) is 0 Å². The number of carbonyl (C=O) groups excluding carboxylic acids is 1. The third-order valence-electron chi connectivity index (χ3n) is 3.27. The number of aryl methyl sites for hydroxylation is 1. The molecule has 0 saturated carbocycles. The number of ether oxygens (including phenoxy) is 1. The van der Waals surface area contributed by atoms with E-state index in [0.717, 1.165) is 35.1 Å². The average molecular weight is 307 g/mol. The molecule has 0 saturated heterocycles. The van der Waals surface area contributed by atoms with Crippen molar-refractivity contribution in [3.63, 3.8) is 0 Å². The fourth-order valence-electron chi connectivity index (χ4n) is 2.19. The van der Waals surface area contributed by atoms with Gasteiger partial charge in [0.25, 0.3) is 0 Å². The zero-order valence-corrected chi connectivity index (χ0v) is 13.3. The summed E-state index contributed by atoms with van der Waals surface area (Å²) in [5.41, 5.74) is 2.93. The molecule has 0 unspecified atom stereocenters. The molecule has 0 amide bonds. The van der Waals surface area contributed by atoms with E-state index < -0.39 is 0 Å². The number of nitrogens with one attached hydrogen (secondary N) is 1. The Bertz CT molecular complexity index is 671. The smallest absolute Gasteiger partial charge is 0.341 e. The fourth-order valence-corrected chi connectivity index (χ4v) is 2.34. The first-order valence-corrected chi connectivity index (χ1v) is 7.46. The number of pyridine rings is 1. The number of anilines is 1. The van der Waals surface area contributed by atoms with Crippen molar-refractivity contribution in [1.29, 1.82) is 0 Å². The standard InChI is InChI=1S/C16H19ClN2O2/c1-4-8-18-15-11-6-7-13(17)10(3)14(11)19-9-12(15)16(20)21-5-2/h6-7,9H,4-5,8H2,1-3H3,(H,18,19). The van der Waals surface area contributed by atoms with E-state index in [1.807, 2.05) is 19.1 Å². The van der Waals surface area contributed by atoms with Gasteiger partial charge in [0, 0.05) is 23.2 Å². The van der Waals surface area contributed by atoms with Gasteiger partial charge in [-0.05, 0) is 38.0 Å². The van der Waals surface area contributed by atoms with Crippen molar-refractivity contribution in [2.24, 2.45) is 0 Å². The van der Waals surface area contributed by atoms with Gasteiger partial charge in [0.2, 0.25) is 0 Å². The maximum Gasteiger partial charge on any atom is 0.341 e. The minimum atomic E-state index is -0.363. The molecule has 5 heteroatoms. The summed E-state index contributed by atoms with van der Waals surface area (Å²) in [5.74, 6) is -0.363. The molecule has 0 radical (unpaired) electrons. The number of hydrogen-bond donors (Lipinski definition) is 1. The number of fused-ring (bicyclic) bond motifs is 1. The zero-order valence-electron chi connectivity index (χ0n) is 12.5. The molecule has 2 rings (SSSR count). The molecular formula is C16H19ClN2O2. The highest BCUT2D eigenvalue weighted by Crippen LogP contribution is 2.31. The Hall–Kier alpha value is -1.81. The van der Waals surface area contributed by atoms with E-state index in [0.29, 0.717) is 17.2 Å². The highest BCUT2D eigenvalue weighted by molar-refractivity contribution is 6.32. The normalized spacial score (nSPS) is 10.7. The second-order valence-electron chi connectivity index (χ2n) is 4.76. The van der Waals surface area contributed by atoms with Crippen LogP contribution in [0.1, 0.15) is 36.2 Å². The monoisotopic (exact) mass is 306 g/mol. The van der Waals surface area contributed by atoms with E-state index in [1.165, 1.54) is 0 Å². The summed E-state index contributed by atoms with van der Waals surface area (Å²) in [6.45, 7) is 6.89. The Morgan fingerprint density at radius 1 is 1.38 bits per heavy atom. The molecule has 0 aliphatic carbocycles. The molecule has 0 aliphatic rings. The first kappa shape index (κ1) is 15.6. The lowest BCUT2D eigenvalue weighted by molar-refractivity contribution is 0.0527. The van der Waals surface area contributed by atoms with Crippen molar-refractivity contribution in [2.75, 3.05) is 18.5 Å². The predicted octanol–water partition coefficient (Wildman–Crippen LogP) is 4.20. The Labute approximate surface area is 129 Å². The van der Waals surface area contributed by atoms with Gasteiger partial charge >= 0.3 is 5.97 Å². The number of carbonyl (C=O) groups is 1. The first-order chi connectivity index (χ1) is 10.1. The average Bonchev–Trinajstić information content (AvgIpc) is 2.48. The van der Waals surface area contributed by atoms with E-state index in [-0.39, 0.29) is 5.97 Å². The fraction of sp³-hybridized carbons (Fsp3) is 0.375. The Kier molecular flexibility index (Phi) is 5.02. The summed E-state index contributed by atoms with van der Waals surface area (Å²) >= 11 is 6.14. The van der Waals surface area contributed by atoms with Gasteiger partial charge in [0.1, 0.15) is 5.56 Å². The molecule has 1 heterocycles. The minimum Gasteiger partial charge on any atom is -0.462 e. The molecule has 112 valence electrons. The number of hydrogen-bond acceptors (Lipinski definition) is 4. The third-order valence-corrected chi connectivity index (χ3v) is 3.68. The number of nitrogens with zero attached hydrogens (tertiary/aromatic N) is 1. The van der Waals surface area contributed by atoms with Crippen LogP contribution >= 0.6 is 11.6 Å². The van der Waals surface area contributed by atoms with Gasteiger partial charge in [0.15, 0.2) is 0 Å². The highest BCUT2D eigenvalue weighted by atomic mass is 35.5. The second-order valence-corrected chi connectivity index (χ2v) is 5.17. The van der Waals surface area contributed by atoms with E-state index in [9.17, 15) is 4.79 Å². The lowest BCUT2D eigenvalue weighted by Crippen LogP contribution is -2.12. The van der Waals surface area contributed by atoms with Gasteiger partial charge in [0.05, 0.1) is 17.8 Å². The maximum absolute atomic E-state index is 12.1. The summed E-state index contributed by atoms with van der Waals surface area (Å²) in [6, 6.07) is 3.71. The zero-order chi connectivity index (χ0) is 15.4. The van der Waals surface area contributed by atoms with Crippen molar-refractivity contribution in [3.05, 3.63) is 34.5 Å². The molecule has 0 aliphatic heterocycles.